The largest absolute Gasteiger partial charge is 0.465 e. The number of rotatable bonds is 2. The molecule has 4 heteroatoms. The number of hydrogen-bond donors (Lipinski definition) is 1. The highest BCUT2D eigenvalue weighted by Gasteiger charge is 2.17. The van der Waals surface area contributed by atoms with Crippen LogP contribution in [0, 0.1) is 0 Å². The molecule has 3 aromatic rings. The minimum absolute atomic E-state index is 0.512. The predicted molar refractivity (Wildman–Crippen MR) is 72.2 cm³/mol. The average molecular weight is 304 g/mol. The van der Waals surface area contributed by atoms with Crippen molar-refractivity contribution in [1.82, 2.24) is 4.98 Å². The van der Waals surface area contributed by atoms with Crippen LogP contribution in [0.25, 0.3) is 10.9 Å². The van der Waals surface area contributed by atoms with Crippen LogP contribution < -0.4 is 0 Å². The van der Waals surface area contributed by atoms with Crippen LogP contribution in [-0.2, 0) is 0 Å². The van der Waals surface area contributed by atoms with Crippen molar-refractivity contribution < 1.29 is 9.52 Å². The standard InChI is InChI=1S/C14H10BrNO2/c15-11-5-7-18-14(11)13(17)10-3-4-12-9(8-10)2-1-6-16-12/h1-8,13,17H. The maximum Gasteiger partial charge on any atom is 0.150 e. The van der Waals surface area contributed by atoms with Crippen LogP contribution in [0.2, 0.25) is 0 Å². The van der Waals surface area contributed by atoms with Gasteiger partial charge in [0.15, 0.2) is 5.76 Å². The number of pyridine rings is 1. The summed E-state index contributed by atoms with van der Waals surface area (Å²) in [5.41, 5.74) is 1.69. The van der Waals surface area contributed by atoms with E-state index in [0.717, 1.165) is 20.9 Å². The summed E-state index contributed by atoms with van der Waals surface area (Å²) in [7, 11) is 0. The molecule has 0 saturated heterocycles. The molecule has 0 saturated carbocycles. The van der Waals surface area contributed by atoms with E-state index < -0.39 is 6.10 Å². The van der Waals surface area contributed by atoms with Crippen molar-refractivity contribution in [1.29, 1.82) is 0 Å². The number of nitrogens with zero attached hydrogens (tertiary/aromatic N) is 1. The second kappa shape index (κ2) is 4.55. The van der Waals surface area contributed by atoms with Crippen LogP contribution in [-0.4, -0.2) is 10.1 Å². The van der Waals surface area contributed by atoms with E-state index >= 15 is 0 Å². The molecule has 0 aliphatic carbocycles. The summed E-state index contributed by atoms with van der Waals surface area (Å²) in [5, 5.41) is 11.3. The zero-order valence-electron chi connectivity index (χ0n) is 9.38. The lowest BCUT2D eigenvalue weighted by Crippen LogP contribution is -1.98. The molecular formula is C14H10BrNO2. The van der Waals surface area contributed by atoms with Crippen LogP contribution in [0.15, 0.2) is 57.7 Å². The Labute approximate surface area is 112 Å². The van der Waals surface area contributed by atoms with E-state index in [1.165, 1.54) is 0 Å². The molecule has 2 aromatic heterocycles. The van der Waals surface area contributed by atoms with E-state index in [2.05, 4.69) is 20.9 Å². The van der Waals surface area contributed by atoms with Crippen LogP contribution >= 0.6 is 15.9 Å². The lowest BCUT2D eigenvalue weighted by molar-refractivity contribution is 0.188. The first kappa shape index (κ1) is 11.4. The van der Waals surface area contributed by atoms with Crippen LogP contribution in [0.3, 0.4) is 0 Å². The molecule has 0 spiro atoms. The third kappa shape index (κ3) is 1.94. The fourth-order valence-corrected chi connectivity index (χ4v) is 2.33. The molecule has 0 radical (unpaired) electrons. The number of hydrogen-bond acceptors (Lipinski definition) is 3. The Kier molecular flexibility index (Phi) is 2.89. The number of aliphatic hydroxyl groups excluding tert-OH is 1. The Hall–Kier alpha value is -1.65. The molecule has 90 valence electrons. The van der Waals surface area contributed by atoms with Gasteiger partial charge in [-0.05, 0) is 45.8 Å². The van der Waals surface area contributed by atoms with Crippen molar-refractivity contribution in [3.05, 3.63) is 64.7 Å². The Morgan fingerprint density at radius 2 is 2.11 bits per heavy atom. The van der Waals surface area contributed by atoms with Gasteiger partial charge in [-0.1, -0.05) is 12.1 Å². The van der Waals surface area contributed by atoms with E-state index in [4.69, 9.17) is 4.42 Å². The van der Waals surface area contributed by atoms with E-state index in [1.807, 2.05) is 30.3 Å². The van der Waals surface area contributed by atoms with Gasteiger partial charge in [-0.3, -0.25) is 4.98 Å². The van der Waals surface area contributed by atoms with E-state index in [9.17, 15) is 5.11 Å². The minimum atomic E-state index is -0.779. The molecular weight excluding hydrogens is 294 g/mol. The summed E-state index contributed by atoms with van der Waals surface area (Å²) in [6.45, 7) is 0. The summed E-state index contributed by atoms with van der Waals surface area (Å²) in [5.74, 6) is 0.512. The highest BCUT2D eigenvalue weighted by Crippen LogP contribution is 2.30. The van der Waals surface area contributed by atoms with Gasteiger partial charge < -0.3 is 9.52 Å². The number of fused-ring (bicyclic) bond motifs is 1. The molecule has 3 rings (SSSR count). The number of aromatic nitrogens is 1. The fraction of sp³-hybridized carbons (Fsp3) is 0.0714. The van der Waals surface area contributed by atoms with Crippen molar-refractivity contribution in [2.75, 3.05) is 0 Å². The maximum absolute atomic E-state index is 10.3. The first-order valence-corrected chi connectivity index (χ1v) is 6.30. The zero-order chi connectivity index (χ0) is 12.5. The van der Waals surface area contributed by atoms with Crippen molar-refractivity contribution in [3.8, 4) is 0 Å². The zero-order valence-corrected chi connectivity index (χ0v) is 11.0. The molecule has 0 amide bonds. The summed E-state index contributed by atoms with van der Waals surface area (Å²) in [6.07, 6.45) is 2.52. The molecule has 0 aliphatic rings. The summed E-state index contributed by atoms with van der Waals surface area (Å²) >= 11 is 3.35. The number of aliphatic hydroxyl groups is 1. The molecule has 0 fully saturated rings. The third-order valence-corrected chi connectivity index (χ3v) is 3.49. The van der Waals surface area contributed by atoms with E-state index in [1.54, 1.807) is 18.5 Å². The Bertz CT molecular complexity index is 693. The predicted octanol–water partition coefficient (Wildman–Crippen LogP) is 3.67. The number of benzene rings is 1. The second-order valence-electron chi connectivity index (χ2n) is 3.99. The SMILES string of the molecule is OC(c1ccc2ncccc2c1)c1occc1Br. The quantitative estimate of drug-likeness (QED) is 0.785. The Balaban J connectivity index is 2.07. The summed E-state index contributed by atoms with van der Waals surface area (Å²) < 4.78 is 6.05. The molecule has 0 aliphatic heterocycles. The average Bonchev–Trinajstić information content (AvgIpc) is 2.83. The Morgan fingerprint density at radius 3 is 2.89 bits per heavy atom. The normalized spacial score (nSPS) is 12.8. The van der Waals surface area contributed by atoms with E-state index in [0.29, 0.717) is 5.76 Å². The van der Waals surface area contributed by atoms with Gasteiger partial charge in [-0.25, -0.2) is 0 Å². The Morgan fingerprint density at radius 1 is 1.22 bits per heavy atom. The third-order valence-electron chi connectivity index (χ3n) is 2.84. The first-order chi connectivity index (χ1) is 8.75. The topological polar surface area (TPSA) is 46.3 Å². The molecule has 3 nitrogen and oxygen atoms in total. The van der Waals surface area contributed by atoms with Crippen molar-refractivity contribution in [2.24, 2.45) is 0 Å². The molecule has 1 atom stereocenters. The van der Waals surface area contributed by atoms with Gasteiger partial charge in [-0.2, -0.15) is 0 Å². The first-order valence-electron chi connectivity index (χ1n) is 5.51. The van der Waals surface area contributed by atoms with Gasteiger partial charge in [0.2, 0.25) is 0 Å². The molecule has 2 heterocycles. The van der Waals surface area contributed by atoms with Crippen LogP contribution in [0.1, 0.15) is 17.4 Å². The molecule has 1 N–H and O–H groups in total. The summed E-state index contributed by atoms with van der Waals surface area (Å²) in [4.78, 5) is 4.25. The molecule has 18 heavy (non-hydrogen) atoms. The maximum atomic E-state index is 10.3. The van der Waals surface area contributed by atoms with Gasteiger partial charge in [0, 0.05) is 11.6 Å². The van der Waals surface area contributed by atoms with Gasteiger partial charge in [0.1, 0.15) is 6.10 Å². The lowest BCUT2D eigenvalue weighted by atomic mass is 10.0. The number of halogens is 1. The van der Waals surface area contributed by atoms with Gasteiger partial charge in [-0.15, -0.1) is 0 Å². The van der Waals surface area contributed by atoms with Crippen molar-refractivity contribution >= 4 is 26.8 Å². The molecule has 1 aromatic carbocycles. The van der Waals surface area contributed by atoms with Crippen LogP contribution in [0.5, 0.6) is 0 Å². The van der Waals surface area contributed by atoms with Crippen molar-refractivity contribution in [3.63, 3.8) is 0 Å². The van der Waals surface area contributed by atoms with Crippen molar-refractivity contribution in [2.45, 2.75) is 6.10 Å². The van der Waals surface area contributed by atoms with Crippen LogP contribution in [0.4, 0.5) is 0 Å². The van der Waals surface area contributed by atoms with E-state index in [-0.39, 0.29) is 0 Å². The molecule has 0 bridgehead atoms. The highest BCUT2D eigenvalue weighted by molar-refractivity contribution is 9.10. The number of furan rings is 1. The van der Waals surface area contributed by atoms with Gasteiger partial charge in [0.25, 0.3) is 0 Å². The fourth-order valence-electron chi connectivity index (χ4n) is 1.92. The second-order valence-corrected chi connectivity index (χ2v) is 4.85. The lowest BCUT2D eigenvalue weighted by Gasteiger charge is -2.09. The van der Waals surface area contributed by atoms with Gasteiger partial charge >= 0.3 is 0 Å². The highest BCUT2D eigenvalue weighted by atomic mass is 79.9. The minimum Gasteiger partial charge on any atom is -0.465 e. The smallest absolute Gasteiger partial charge is 0.150 e. The molecule has 1 unspecified atom stereocenters. The monoisotopic (exact) mass is 303 g/mol. The van der Waals surface area contributed by atoms with Gasteiger partial charge in [0.05, 0.1) is 16.3 Å². The summed E-state index contributed by atoms with van der Waals surface area (Å²) in [6, 6.07) is 11.3.